The van der Waals surface area contributed by atoms with E-state index >= 15 is 0 Å². The fourth-order valence-corrected chi connectivity index (χ4v) is 4.96. The molecule has 1 saturated heterocycles. The minimum atomic E-state index is -3.69. The highest BCUT2D eigenvalue weighted by molar-refractivity contribution is 7.89. The molecule has 0 radical (unpaired) electrons. The van der Waals surface area contributed by atoms with Crippen LogP contribution in [-0.2, 0) is 17.1 Å². The van der Waals surface area contributed by atoms with E-state index in [4.69, 9.17) is 16.9 Å². The van der Waals surface area contributed by atoms with E-state index in [-0.39, 0.29) is 10.0 Å². The Labute approximate surface area is 151 Å². The maximum Gasteiger partial charge on any atom is 0.248 e. The Morgan fingerprint density at radius 2 is 1.92 bits per heavy atom. The van der Waals surface area contributed by atoms with Gasteiger partial charge in [0, 0.05) is 39.4 Å². The molecule has 10 heteroatoms. The van der Waals surface area contributed by atoms with Crippen LogP contribution in [0.1, 0.15) is 11.3 Å². The number of aromatic nitrogens is 3. The highest BCUT2D eigenvalue weighted by atomic mass is 35.5. The Balaban J connectivity index is 1.76. The lowest BCUT2D eigenvalue weighted by Gasteiger charge is -2.34. The first-order valence-electron chi connectivity index (χ1n) is 7.65. The second-order valence-electron chi connectivity index (χ2n) is 5.74. The Bertz CT molecular complexity index is 924. The molecule has 0 aliphatic carbocycles. The molecule has 8 nitrogen and oxygen atoms in total. The quantitative estimate of drug-likeness (QED) is 0.792. The van der Waals surface area contributed by atoms with Gasteiger partial charge in [0.25, 0.3) is 0 Å². The number of hydrogen-bond acceptors (Lipinski definition) is 6. The number of pyridine rings is 1. The van der Waals surface area contributed by atoms with E-state index < -0.39 is 10.0 Å². The Morgan fingerprint density at radius 3 is 2.40 bits per heavy atom. The first kappa shape index (κ1) is 17.7. The van der Waals surface area contributed by atoms with Gasteiger partial charge in [0.2, 0.25) is 10.0 Å². The first-order chi connectivity index (χ1) is 11.8. The Morgan fingerprint density at radius 1 is 1.24 bits per heavy atom. The molecule has 1 aliphatic heterocycles. The predicted octanol–water partition coefficient (Wildman–Crippen LogP) is 1.16. The van der Waals surface area contributed by atoms with E-state index in [0.29, 0.717) is 37.4 Å². The number of hydrogen-bond donors (Lipinski definition) is 0. The highest BCUT2D eigenvalue weighted by Gasteiger charge is 2.33. The van der Waals surface area contributed by atoms with Gasteiger partial charge in [-0.05, 0) is 19.1 Å². The summed E-state index contributed by atoms with van der Waals surface area (Å²) in [4.78, 5) is 6.31. The smallest absolute Gasteiger partial charge is 0.248 e. The van der Waals surface area contributed by atoms with Crippen LogP contribution in [0, 0.1) is 18.3 Å². The minimum absolute atomic E-state index is 0.0709. The van der Waals surface area contributed by atoms with E-state index in [1.165, 1.54) is 15.2 Å². The van der Waals surface area contributed by atoms with E-state index in [0.717, 1.165) is 5.82 Å². The van der Waals surface area contributed by atoms with E-state index in [9.17, 15) is 8.42 Å². The zero-order valence-corrected chi connectivity index (χ0v) is 15.4. The number of halogens is 1. The van der Waals surface area contributed by atoms with Crippen molar-refractivity contribution in [2.75, 3.05) is 31.1 Å². The Kier molecular flexibility index (Phi) is 4.69. The van der Waals surface area contributed by atoms with Crippen LogP contribution in [-0.4, -0.2) is 53.7 Å². The second kappa shape index (κ2) is 6.63. The van der Waals surface area contributed by atoms with Crippen LogP contribution in [0.3, 0.4) is 0 Å². The molecule has 3 heterocycles. The highest BCUT2D eigenvalue weighted by Crippen LogP contribution is 2.28. The summed E-state index contributed by atoms with van der Waals surface area (Å²) in [5.41, 5.74) is 0.885. The number of nitrogens with zero attached hydrogens (tertiary/aromatic N) is 6. The lowest BCUT2D eigenvalue weighted by atomic mass is 10.3. The van der Waals surface area contributed by atoms with Crippen molar-refractivity contribution < 1.29 is 8.42 Å². The number of anilines is 1. The number of rotatable bonds is 3. The van der Waals surface area contributed by atoms with Gasteiger partial charge in [-0.2, -0.15) is 14.7 Å². The van der Waals surface area contributed by atoms with Gasteiger partial charge in [0.15, 0.2) is 0 Å². The van der Waals surface area contributed by atoms with E-state index in [1.54, 1.807) is 26.1 Å². The molecule has 2 aromatic rings. The lowest BCUT2D eigenvalue weighted by molar-refractivity contribution is 0.383. The van der Waals surface area contributed by atoms with Crippen LogP contribution < -0.4 is 4.90 Å². The molecule has 0 atom stereocenters. The SMILES string of the molecule is Cc1nn(C)c(Cl)c1S(=O)(=O)N1CCN(c2ccc(C#N)cn2)CC1. The lowest BCUT2D eigenvalue weighted by Crippen LogP contribution is -2.49. The van der Waals surface area contributed by atoms with Crippen LogP contribution in [0.25, 0.3) is 0 Å². The maximum absolute atomic E-state index is 12.9. The monoisotopic (exact) mass is 380 g/mol. The molecule has 0 N–H and O–H groups in total. The fraction of sp³-hybridized carbons (Fsp3) is 0.400. The van der Waals surface area contributed by atoms with Crippen molar-refractivity contribution in [1.29, 1.82) is 5.26 Å². The van der Waals surface area contributed by atoms with Gasteiger partial charge in [-0.15, -0.1) is 0 Å². The molecule has 132 valence electrons. The van der Waals surface area contributed by atoms with E-state index in [1.807, 2.05) is 11.0 Å². The standard InChI is InChI=1S/C15H17ClN6O2S/c1-11-14(15(16)20(2)19-11)25(23,24)22-7-5-21(6-8-22)13-4-3-12(9-17)10-18-13/h3-4,10H,5-8H2,1-2H3. The minimum Gasteiger partial charge on any atom is -0.354 e. The average molecular weight is 381 g/mol. The summed E-state index contributed by atoms with van der Waals surface area (Å²) in [6.45, 7) is 3.31. The third kappa shape index (κ3) is 3.20. The predicted molar refractivity (Wildman–Crippen MR) is 92.9 cm³/mol. The van der Waals surface area contributed by atoms with Gasteiger partial charge >= 0.3 is 0 Å². The molecule has 0 unspecified atom stereocenters. The van der Waals surface area contributed by atoms with Crippen molar-refractivity contribution in [3.8, 4) is 6.07 Å². The summed E-state index contributed by atoms with van der Waals surface area (Å²) >= 11 is 6.12. The average Bonchev–Trinajstić information content (AvgIpc) is 2.87. The third-order valence-electron chi connectivity index (χ3n) is 4.14. The van der Waals surface area contributed by atoms with Gasteiger partial charge in [-0.3, -0.25) is 4.68 Å². The fourth-order valence-electron chi connectivity index (χ4n) is 2.83. The zero-order chi connectivity index (χ0) is 18.2. The molecule has 0 spiro atoms. The maximum atomic E-state index is 12.9. The molecular weight excluding hydrogens is 364 g/mol. The van der Waals surface area contributed by atoms with Crippen molar-refractivity contribution in [2.24, 2.45) is 7.05 Å². The molecule has 2 aromatic heterocycles. The first-order valence-corrected chi connectivity index (χ1v) is 9.46. The largest absolute Gasteiger partial charge is 0.354 e. The summed E-state index contributed by atoms with van der Waals surface area (Å²) in [5.74, 6) is 0.728. The molecule has 0 saturated carbocycles. The number of piperazine rings is 1. The van der Waals surface area contributed by atoms with Crippen molar-refractivity contribution in [3.05, 3.63) is 34.7 Å². The van der Waals surface area contributed by atoms with Crippen molar-refractivity contribution in [2.45, 2.75) is 11.8 Å². The number of aryl methyl sites for hydroxylation is 2. The van der Waals surface area contributed by atoms with Crippen LogP contribution in [0.5, 0.6) is 0 Å². The summed E-state index contributed by atoms with van der Waals surface area (Å²) < 4.78 is 28.6. The van der Waals surface area contributed by atoms with Crippen LogP contribution in [0.15, 0.2) is 23.2 Å². The summed E-state index contributed by atoms with van der Waals surface area (Å²) in [6, 6.07) is 5.49. The van der Waals surface area contributed by atoms with Gasteiger partial charge in [-0.1, -0.05) is 11.6 Å². The molecule has 1 fully saturated rings. The van der Waals surface area contributed by atoms with Crippen molar-refractivity contribution in [3.63, 3.8) is 0 Å². The van der Waals surface area contributed by atoms with Crippen LogP contribution in [0.2, 0.25) is 5.15 Å². The number of nitriles is 1. The van der Waals surface area contributed by atoms with Gasteiger partial charge in [-0.25, -0.2) is 13.4 Å². The summed E-state index contributed by atoms with van der Waals surface area (Å²) in [7, 11) is -2.08. The molecule has 0 amide bonds. The molecular formula is C15H17ClN6O2S. The molecule has 1 aliphatic rings. The zero-order valence-electron chi connectivity index (χ0n) is 13.8. The van der Waals surface area contributed by atoms with Crippen molar-refractivity contribution in [1.82, 2.24) is 19.1 Å². The number of sulfonamides is 1. The second-order valence-corrected chi connectivity index (χ2v) is 7.97. The topological polar surface area (TPSA) is 95.1 Å². The molecule has 0 bridgehead atoms. The molecule has 0 aromatic carbocycles. The summed E-state index contributed by atoms with van der Waals surface area (Å²) in [5, 5.41) is 13.0. The third-order valence-corrected chi connectivity index (χ3v) is 6.73. The van der Waals surface area contributed by atoms with Crippen molar-refractivity contribution >= 4 is 27.4 Å². The Hall–Kier alpha value is -2.15. The summed E-state index contributed by atoms with van der Waals surface area (Å²) in [6.07, 6.45) is 1.51. The van der Waals surface area contributed by atoms with Gasteiger partial charge in [0.05, 0.1) is 11.3 Å². The normalized spacial score (nSPS) is 16.0. The molecule has 3 rings (SSSR count). The van der Waals surface area contributed by atoms with Gasteiger partial charge in [0.1, 0.15) is 21.9 Å². The molecule has 25 heavy (non-hydrogen) atoms. The van der Waals surface area contributed by atoms with Gasteiger partial charge < -0.3 is 4.90 Å². The van der Waals surface area contributed by atoms with Crippen LogP contribution >= 0.6 is 11.6 Å². The van der Waals surface area contributed by atoms with Crippen LogP contribution in [0.4, 0.5) is 5.82 Å². The van der Waals surface area contributed by atoms with E-state index in [2.05, 4.69) is 10.1 Å².